The van der Waals surface area contributed by atoms with E-state index in [0.717, 1.165) is 68.1 Å². The van der Waals surface area contributed by atoms with Crippen LogP contribution in [0.1, 0.15) is 146 Å². The number of amides is 6. The molecule has 400 valence electrons. The van der Waals surface area contributed by atoms with Crippen molar-refractivity contribution in [3.8, 4) is 5.75 Å². The Morgan fingerprint density at radius 3 is 1.89 bits per heavy atom. The Kier molecular flexibility index (Phi) is 17.1. The number of esters is 1. The van der Waals surface area contributed by atoms with Gasteiger partial charge in [-0.1, -0.05) is 90.8 Å². The van der Waals surface area contributed by atoms with Gasteiger partial charge in [-0.05, 0) is 150 Å². The van der Waals surface area contributed by atoms with E-state index in [-0.39, 0.29) is 78.9 Å². The molecule has 16 heteroatoms. The van der Waals surface area contributed by atoms with Crippen LogP contribution in [-0.4, -0.2) is 76.9 Å². The lowest BCUT2D eigenvalue weighted by molar-refractivity contribution is -0.150. The zero-order valence-electron chi connectivity index (χ0n) is 44.1. The molecule has 0 unspecified atom stereocenters. The van der Waals surface area contributed by atoms with Crippen molar-refractivity contribution >= 4 is 47.1 Å². The molecule has 2 saturated carbocycles. The number of urea groups is 1. The summed E-state index contributed by atoms with van der Waals surface area (Å²) in [6.07, 6.45) is 8.10. The van der Waals surface area contributed by atoms with E-state index in [0.29, 0.717) is 36.1 Å². The van der Waals surface area contributed by atoms with Crippen LogP contribution in [0.25, 0.3) is 0 Å². The summed E-state index contributed by atoms with van der Waals surface area (Å²) in [5.74, 6) is -3.45. The van der Waals surface area contributed by atoms with Gasteiger partial charge in [0.1, 0.15) is 12.4 Å². The van der Waals surface area contributed by atoms with Crippen molar-refractivity contribution in [2.75, 3.05) is 18.5 Å². The standard InChI is InChI=1S/C58H78N6O10/c1-34(2)49(59)51(70)63-44(10-7-27-61-54(60)73)45(67)28-35-11-13-36(14-12-35)33-74-48(68)29-39(32-65)50(69)62-40-19-15-37-17-21-46-55(3,42(37)30-40)23-8-25-57(46,5)52(71)64-53(72)58(6)26-9-24-56(4)43-31-41(66)20-16-38(43)18-22-47(56)58/h11-16,19-20,30-31,34,39,44,46-47,49,65-66H,7-10,17-18,21-29,32-33,59H2,1-6H3,(H,62,69)(H,63,70)(H3,60,61,73)(H,64,71,72)/t39-,44-,46+,47+,49-,55+,56+,57-,58-/m0/s1. The number of Topliss-reactive ketones (excluding diaryl/α,β-unsaturated/α-hetero) is 1. The SMILES string of the molecule is CC(C)[C@H](N)C(=O)N[C@@H](CCCNC(N)=O)C(=O)Cc1ccc(COC(=O)C[C@@H](CO)C(=O)Nc2ccc3c(c2)[C@@]2(C)CCC[C@](C)(C(=O)NC(=O)[C@@]4(C)CCC[C@]5(C)c6cc(O)ccc6CC[C@@H]45)[C@@H]2CC3)cc1. The van der Waals surface area contributed by atoms with E-state index in [1.54, 1.807) is 30.3 Å². The average Bonchev–Trinajstić information content (AvgIpc) is 3.35. The maximum absolute atomic E-state index is 14.7. The number of aliphatic hydroxyl groups is 1. The van der Waals surface area contributed by atoms with Crippen molar-refractivity contribution in [2.24, 2.45) is 46.0 Å². The number of phenolic OH excluding ortho intramolecular Hbond substituents is 1. The van der Waals surface area contributed by atoms with Crippen LogP contribution in [0, 0.1) is 34.5 Å². The zero-order valence-corrected chi connectivity index (χ0v) is 44.1. The highest BCUT2D eigenvalue weighted by Gasteiger charge is 2.58. The molecule has 6 amide bonds. The summed E-state index contributed by atoms with van der Waals surface area (Å²) < 4.78 is 5.51. The molecule has 0 aromatic heterocycles. The second-order valence-corrected chi connectivity index (χ2v) is 23.0. The highest BCUT2D eigenvalue weighted by atomic mass is 16.5. The minimum atomic E-state index is -1.09. The number of aryl methyl sites for hydroxylation is 2. The molecular weight excluding hydrogens is 941 g/mol. The Morgan fingerprint density at radius 2 is 1.32 bits per heavy atom. The lowest BCUT2D eigenvalue weighted by Gasteiger charge is -2.56. The summed E-state index contributed by atoms with van der Waals surface area (Å²) >= 11 is 0. The second-order valence-electron chi connectivity index (χ2n) is 23.0. The largest absolute Gasteiger partial charge is 0.508 e. The van der Waals surface area contributed by atoms with Crippen LogP contribution in [0.5, 0.6) is 5.75 Å². The molecule has 0 spiro atoms. The fourth-order valence-electron chi connectivity index (χ4n) is 13.3. The third kappa shape index (κ3) is 11.7. The maximum atomic E-state index is 14.7. The summed E-state index contributed by atoms with van der Waals surface area (Å²) in [5.41, 5.74) is 15.2. The average molecular weight is 1020 g/mol. The minimum absolute atomic E-state index is 0.00607. The summed E-state index contributed by atoms with van der Waals surface area (Å²) in [6.45, 7) is 11.6. The molecule has 3 aromatic carbocycles. The monoisotopic (exact) mass is 1020 g/mol. The number of aliphatic hydroxyl groups excluding tert-OH is 1. The van der Waals surface area contributed by atoms with Gasteiger partial charge >= 0.3 is 12.0 Å². The van der Waals surface area contributed by atoms with E-state index in [9.17, 15) is 43.8 Å². The fraction of sp³-hybridized carbons (Fsp3) is 0.569. The molecular formula is C58H78N6O10. The number of phenols is 1. The van der Waals surface area contributed by atoms with E-state index in [4.69, 9.17) is 16.2 Å². The smallest absolute Gasteiger partial charge is 0.312 e. The summed E-state index contributed by atoms with van der Waals surface area (Å²) in [6, 6.07) is 15.9. The number of nitrogens with one attached hydrogen (secondary N) is 4. The van der Waals surface area contributed by atoms with Gasteiger partial charge in [-0.25, -0.2) is 4.79 Å². The highest BCUT2D eigenvalue weighted by Crippen LogP contribution is 2.60. The molecule has 7 rings (SSSR count). The van der Waals surface area contributed by atoms with Gasteiger partial charge in [0.15, 0.2) is 5.78 Å². The highest BCUT2D eigenvalue weighted by molar-refractivity contribution is 6.01. The van der Waals surface area contributed by atoms with E-state index in [1.807, 2.05) is 58.0 Å². The van der Waals surface area contributed by atoms with Crippen molar-refractivity contribution in [3.63, 3.8) is 0 Å². The Labute approximate surface area is 435 Å². The van der Waals surface area contributed by atoms with Gasteiger partial charge in [0, 0.05) is 18.7 Å². The van der Waals surface area contributed by atoms with Crippen LogP contribution in [0.3, 0.4) is 0 Å². The predicted molar refractivity (Wildman–Crippen MR) is 280 cm³/mol. The number of anilines is 1. The first-order chi connectivity index (χ1) is 35.0. The number of carbonyl (C=O) groups excluding carboxylic acids is 7. The first-order valence-electron chi connectivity index (χ1n) is 26.6. The normalized spacial score (nSPS) is 26.1. The molecule has 0 bridgehead atoms. The number of ketones is 1. The predicted octanol–water partition coefficient (Wildman–Crippen LogP) is 6.46. The molecule has 74 heavy (non-hydrogen) atoms. The van der Waals surface area contributed by atoms with Gasteiger partial charge in [0.05, 0.1) is 41.9 Å². The first-order valence-corrected chi connectivity index (χ1v) is 26.6. The number of hydrogen-bond acceptors (Lipinski definition) is 11. The summed E-state index contributed by atoms with van der Waals surface area (Å²) in [4.78, 5) is 93.2. The van der Waals surface area contributed by atoms with Crippen LogP contribution < -0.4 is 32.7 Å². The Hall–Kier alpha value is -6.13. The van der Waals surface area contributed by atoms with E-state index >= 15 is 0 Å². The number of carbonyl (C=O) groups is 7. The number of aromatic hydroxyl groups is 1. The quantitative estimate of drug-likeness (QED) is 0.0367. The lowest BCUT2D eigenvalue weighted by atomic mass is 9.49. The van der Waals surface area contributed by atoms with Gasteiger partial charge in [0.2, 0.25) is 23.6 Å². The molecule has 4 aliphatic rings. The number of imide groups is 1. The van der Waals surface area contributed by atoms with E-state index in [2.05, 4.69) is 35.1 Å². The molecule has 3 aromatic rings. The molecule has 0 radical (unpaired) electrons. The van der Waals surface area contributed by atoms with E-state index in [1.165, 1.54) is 5.56 Å². The second kappa shape index (κ2) is 22.8. The lowest BCUT2D eigenvalue weighted by Crippen LogP contribution is -2.60. The topological polar surface area (TPSA) is 269 Å². The molecule has 0 saturated heterocycles. The minimum Gasteiger partial charge on any atom is -0.508 e. The number of primary amides is 1. The van der Waals surface area contributed by atoms with Crippen LogP contribution in [0.2, 0.25) is 0 Å². The Balaban J connectivity index is 0.941. The third-order valence-corrected chi connectivity index (χ3v) is 17.7. The van der Waals surface area contributed by atoms with Gasteiger partial charge in [0.25, 0.3) is 0 Å². The summed E-state index contributed by atoms with van der Waals surface area (Å²) in [5, 5.41) is 31.9. The van der Waals surface area contributed by atoms with Gasteiger partial charge < -0.3 is 42.4 Å². The zero-order chi connectivity index (χ0) is 53.8. The van der Waals surface area contributed by atoms with Crippen LogP contribution in [0.4, 0.5) is 10.5 Å². The van der Waals surface area contributed by atoms with Crippen molar-refractivity contribution in [2.45, 2.75) is 161 Å². The van der Waals surface area contributed by atoms with Crippen molar-refractivity contribution in [1.82, 2.24) is 16.0 Å². The number of hydrogen-bond donors (Lipinski definition) is 8. The molecule has 2 fully saturated rings. The number of ether oxygens (including phenoxy) is 1. The molecule has 0 aliphatic heterocycles. The van der Waals surface area contributed by atoms with Gasteiger partial charge in [-0.15, -0.1) is 0 Å². The van der Waals surface area contributed by atoms with Crippen LogP contribution in [0.15, 0.2) is 60.7 Å². The number of benzene rings is 3. The number of fused-ring (bicyclic) bond motifs is 6. The Morgan fingerprint density at radius 1 is 0.757 bits per heavy atom. The first kappa shape index (κ1) is 55.6. The van der Waals surface area contributed by atoms with Gasteiger partial charge in [-0.2, -0.15) is 0 Å². The molecule has 9 atom stereocenters. The third-order valence-electron chi connectivity index (χ3n) is 17.7. The van der Waals surface area contributed by atoms with Crippen molar-refractivity contribution in [1.29, 1.82) is 0 Å². The van der Waals surface area contributed by atoms with Crippen LogP contribution in [-0.2, 0) is 70.2 Å². The number of rotatable bonds is 19. The number of nitrogens with two attached hydrogens (primary N) is 2. The summed E-state index contributed by atoms with van der Waals surface area (Å²) in [7, 11) is 0. The van der Waals surface area contributed by atoms with Gasteiger partial charge in [-0.3, -0.25) is 34.1 Å². The molecule has 10 N–H and O–H groups in total. The fourth-order valence-corrected chi connectivity index (χ4v) is 13.3. The van der Waals surface area contributed by atoms with Crippen molar-refractivity contribution < 1.29 is 48.5 Å². The van der Waals surface area contributed by atoms with Crippen molar-refractivity contribution in [3.05, 3.63) is 94.0 Å². The Bertz CT molecular complexity index is 2620. The molecule has 16 nitrogen and oxygen atoms in total. The van der Waals surface area contributed by atoms with Crippen LogP contribution >= 0.6 is 0 Å². The molecule has 0 heterocycles. The van der Waals surface area contributed by atoms with E-state index < -0.39 is 64.7 Å². The molecule has 4 aliphatic carbocycles. The maximum Gasteiger partial charge on any atom is 0.312 e.